The van der Waals surface area contributed by atoms with Crippen molar-refractivity contribution in [1.29, 1.82) is 5.26 Å². The van der Waals surface area contributed by atoms with Crippen LogP contribution in [0.25, 0.3) is 0 Å². The summed E-state index contributed by atoms with van der Waals surface area (Å²) in [5, 5.41) is 9.72. The monoisotopic (exact) mass is 295 g/mol. The lowest BCUT2D eigenvalue weighted by Crippen LogP contribution is -2.34. The minimum Gasteiger partial charge on any atom is -0.216 e. The normalized spacial score (nSPS) is 28.0. The molecule has 0 N–H and O–H groups in total. The number of rotatable bonds is 4. The van der Waals surface area contributed by atoms with Crippen molar-refractivity contribution in [2.24, 2.45) is 17.3 Å². The van der Waals surface area contributed by atoms with E-state index >= 15 is 0 Å². The summed E-state index contributed by atoms with van der Waals surface area (Å²) in [6.07, 6.45) is 6.15. The molecule has 1 aromatic rings. The van der Waals surface area contributed by atoms with E-state index in [4.69, 9.17) is 0 Å². The van der Waals surface area contributed by atoms with Gasteiger partial charge < -0.3 is 0 Å². The Kier molecular flexibility index (Phi) is 4.86. The molecule has 0 saturated heterocycles. The van der Waals surface area contributed by atoms with Crippen LogP contribution in [0.1, 0.15) is 46.5 Å². The maximum Gasteiger partial charge on any atom is 0.170 e. The molecular formula is C14H21N3S2. The molecule has 1 aliphatic rings. The zero-order valence-electron chi connectivity index (χ0n) is 11.8. The van der Waals surface area contributed by atoms with Crippen LogP contribution in [-0.4, -0.2) is 14.6 Å². The average molecular weight is 295 g/mol. The van der Waals surface area contributed by atoms with Gasteiger partial charge in [-0.1, -0.05) is 39.0 Å². The maximum absolute atomic E-state index is 9.34. The molecule has 1 fully saturated rings. The Morgan fingerprint density at radius 2 is 2.32 bits per heavy atom. The van der Waals surface area contributed by atoms with Gasteiger partial charge in [-0.15, -0.1) is 0 Å². The predicted octanol–water partition coefficient (Wildman–Crippen LogP) is 4.37. The van der Waals surface area contributed by atoms with Crippen molar-refractivity contribution in [3.63, 3.8) is 0 Å². The first-order valence-corrected chi connectivity index (χ1v) is 8.55. The smallest absolute Gasteiger partial charge is 0.170 e. The van der Waals surface area contributed by atoms with Crippen molar-refractivity contribution in [1.82, 2.24) is 9.36 Å². The number of thioether (sulfide) groups is 1. The van der Waals surface area contributed by atoms with Crippen LogP contribution in [0, 0.1) is 28.6 Å². The van der Waals surface area contributed by atoms with Crippen molar-refractivity contribution >= 4 is 23.3 Å². The van der Waals surface area contributed by atoms with Gasteiger partial charge in [0, 0.05) is 5.25 Å². The Labute approximate surface area is 124 Å². The van der Waals surface area contributed by atoms with E-state index in [1.165, 1.54) is 24.4 Å². The summed E-state index contributed by atoms with van der Waals surface area (Å²) < 4.78 is 5.05. The first kappa shape index (κ1) is 14.8. The molecule has 0 radical (unpaired) electrons. The molecule has 3 atom stereocenters. The molecule has 0 aromatic carbocycles. The van der Waals surface area contributed by atoms with Crippen LogP contribution in [0.4, 0.5) is 0 Å². The van der Waals surface area contributed by atoms with Crippen molar-refractivity contribution in [2.75, 3.05) is 0 Å². The highest BCUT2D eigenvalue weighted by Crippen LogP contribution is 2.46. The van der Waals surface area contributed by atoms with Crippen LogP contribution in [0.5, 0.6) is 0 Å². The first-order valence-electron chi connectivity index (χ1n) is 6.89. The van der Waals surface area contributed by atoms with Crippen LogP contribution >= 0.6 is 23.3 Å². The van der Waals surface area contributed by atoms with E-state index in [1.807, 2.05) is 0 Å². The standard InChI is InChI=1S/C14H21N3S2/c1-4-14(2,3)11-6-5-10(8-15)12(7-11)18-13-16-9-17-19-13/h9-12H,4-7H2,1-3H3. The summed E-state index contributed by atoms with van der Waals surface area (Å²) >= 11 is 3.19. The third kappa shape index (κ3) is 3.49. The van der Waals surface area contributed by atoms with Crippen LogP contribution < -0.4 is 0 Å². The zero-order chi connectivity index (χ0) is 13.9. The Bertz CT molecular complexity index is 436. The van der Waals surface area contributed by atoms with Gasteiger partial charge in [-0.25, -0.2) is 4.98 Å². The van der Waals surface area contributed by atoms with Gasteiger partial charge in [0.2, 0.25) is 0 Å². The van der Waals surface area contributed by atoms with Gasteiger partial charge in [0.05, 0.1) is 12.0 Å². The lowest BCUT2D eigenvalue weighted by atomic mass is 9.67. The largest absolute Gasteiger partial charge is 0.216 e. The summed E-state index contributed by atoms with van der Waals surface area (Å²) in [5.74, 6) is 0.880. The molecule has 1 heterocycles. The fourth-order valence-corrected chi connectivity index (χ4v) is 4.76. The van der Waals surface area contributed by atoms with E-state index in [-0.39, 0.29) is 5.92 Å². The molecule has 0 aliphatic heterocycles. The highest BCUT2D eigenvalue weighted by atomic mass is 32.2. The molecule has 0 amide bonds. The molecule has 2 rings (SSSR count). The summed E-state index contributed by atoms with van der Waals surface area (Å²) in [5.41, 5.74) is 0.375. The Morgan fingerprint density at radius 1 is 1.53 bits per heavy atom. The van der Waals surface area contributed by atoms with Crippen LogP contribution in [0.2, 0.25) is 0 Å². The number of hydrogen-bond donors (Lipinski definition) is 0. The van der Waals surface area contributed by atoms with E-state index in [2.05, 4.69) is 36.2 Å². The second kappa shape index (κ2) is 6.23. The van der Waals surface area contributed by atoms with Crippen molar-refractivity contribution in [3.05, 3.63) is 6.33 Å². The fraction of sp³-hybridized carbons (Fsp3) is 0.786. The van der Waals surface area contributed by atoms with Gasteiger partial charge in [-0.05, 0) is 42.1 Å². The minimum atomic E-state index is 0.165. The van der Waals surface area contributed by atoms with Crippen LogP contribution in [0.15, 0.2) is 10.7 Å². The third-order valence-corrected chi connectivity index (χ3v) is 6.67. The summed E-state index contributed by atoms with van der Waals surface area (Å²) in [6, 6.07) is 2.49. The lowest BCUT2D eigenvalue weighted by molar-refractivity contribution is 0.144. The highest BCUT2D eigenvalue weighted by molar-refractivity contribution is 8.01. The van der Waals surface area contributed by atoms with Gasteiger partial charge in [0.1, 0.15) is 6.33 Å². The van der Waals surface area contributed by atoms with Crippen LogP contribution in [0.3, 0.4) is 0 Å². The van der Waals surface area contributed by atoms with E-state index in [0.717, 1.165) is 17.2 Å². The average Bonchev–Trinajstić information content (AvgIpc) is 2.91. The molecule has 1 saturated carbocycles. The number of aromatic nitrogens is 2. The maximum atomic E-state index is 9.34. The fourth-order valence-electron chi connectivity index (χ4n) is 2.75. The zero-order valence-corrected chi connectivity index (χ0v) is 13.4. The lowest BCUT2D eigenvalue weighted by Gasteiger charge is -2.40. The molecule has 19 heavy (non-hydrogen) atoms. The van der Waals surface area contributed by atoms with E-state index < -0.39 is 0 Å². The van der Waals surface area contributed by atoms with Crippen molar-refractivity contribution < 1.29 is 0 Å². The van der Waals surface area contributed by atoms with E-state index in [1.54, 1.807) is 18.1 Å². The Morgan fingerprint density at radius 3 is 2.89 bits per heavy atom. The first-order chi connectivity index (χ1) is 9.06. The molecular weight excluding hydrogens is 274 g/mol. The van der Waals surface area contributed by atoms with Gasteiger partial charge in [0.15, 0.2) is 4.34 Å². The quantitative estimate of drug-likeness (QED) is 0.827. The molecule has 1 aliphatic carbocycles. The third-order valence-electron chi connectivity index (χ3n) is 4.57. The Balaban J connectivity index is 2.07. The van der Waals surface area contributed by atoms with Gasteiger partial charge in [0.25, 0.3) is 0 Å². The van der Waals surface area contributed by atoms with Gasteiger partial charge in [-0.3, -0.25) is 0 Å². The molecule has 0 spiro atoms. The minimum absolute atomic E-state index is 0.165. The second-order valence-corrected chi connectivity index (χ2v) is 8.22. The second-order valence-electron chi connectivity index (χ2n) is 5.95. The van der Waals surface area contributed by atoms with Gasteiger partial charge in [-0.2, -0.15) is 9.64 Å². The molecule has 5 heteroatoms. The number of hydrogen-bond acceptors (Lipinski definition) is 5. The van der Waals surface area contributed by atoms with E-state index in [0.29, 0.717) is 16.6 Å². The summed E-state index contributed by atoms with van der Waals surface area (Å²) in [7, 11) is 0. The topological polar surface area (TPSA) is 49.6 Å². The summed E-state index contributed by atoms with van der Waals surface area (Å²) in [4.78, 5) is 4.25. The van der Waals surface area contributed by atoms with Crippen molar-refractivity contribution in [2.45, 2.75) is 56.0 Å². The number of nitrogens with zero attached hydrogens (tertiary/aromatic N) is 3. The molecule has 104 valence electrons. The molecule has 3 unspecified atom stereocenters. The van der Waals surface area contributed by atoms with E-state index in [9.17, 15) is 5.26 Å². The highest BCUT2D eigenvalue weighted by Gasteiger charge is 2.38. The molecule has 1 aromatic heterocycles. The predicted molar refractivity (Wildman–Crippen MR) is 80.1 cm³/mol. The number of nitriles is 1. The molecule has 0 bridgehead atoms. The van der Waals surface area contributed by atoms with Crippen LogP contribution in [-0.2, 0) is 0 Å². The Hall–Kier alpha value is -0.600. The summed E-state index contributed by atoms with van der Waals surface area (Å²) in [6.45, 7) is 6.98. The van der Waals surface area contributed by atoms with Crippen molar-refractivity contribution in [3.8, 4) is 6.07 Å². The molecule has 3 nitrogen and oxygen atoms in total. The SMILES string of the molecule is CCC(C)(C)C1CCC(C#N)C(Sc2ncns2)C1. The van der Waals surface area contributed by atoms with Gasteiger partial charge >= 0.3 is 0 Å².